The van der Waals surface area contributed by atoms with E-state index in [4.69, 9.17) is 0 Å². The van der Waals surface area contributed by atoms with Gasteiger partial charge in [-0.25, -0.2) is 0 Å². The Hall–Kier alpha value is -2.62. The molecule has 2 aromatic carbocycles. The quantitative estimate of drug-likeness (QED) is 0.595. The molecule has 1 aliphatic heterocycles. The fourth-order valence-electron chi connectivity index (χ4n) is 5.69. The predicted molar refractivity (Wildman–Crippen MR) is 134 cm³/mol. The van der Waals surface area contributed by atoms with Gasteiger partial charge in [-0.15, -0.1) is 0 Å². The van der Waals surface area contributed by atoms with Gasteiger partial charge in [0.2, 0.25) is 5.91 Å². The van der Waals surface area contributed by atoms with Gasteiger partial charge in [-0.1, -0.05) is 63.9 Å². The Kier molecular flexibility index (Phi) is 6.92. The van der Waals surface area contributed by atoms with E-state index in [1.165, 1.54) is 18.4 Å². The summed E-state index contributed by atoms with van der Waals surface area (Å²) in [5, 5.41) is 3.21. The number of aryl methyl sites for hydroxylation is 1. The lowest BCUT2D eigenvalue weighted by atomic mass is 9.79. The van der Waals surface area contributed by atoms with Crippen molar-refractivity contribution in [2.24, 2.45) is 11.8 Å². The summed E-state index contributed by atoms with van der Waals surface area (Å²) < 4.78 is 0. The molecule has 1 saturated heterocycles. The average Bonchev–Trinajstić information content (AvgIpc) is 3.33. The van der Waals surface area contributed by atoms with Crippen molar-refractivity contribution in [2.75, 3.05) is 11.9 Å². The average molecular weight is 447 g/mol. The van der Waals surface area contributed by atoms with Gasteiger partial charge >= 0.3 is 0 Å². The van der Waals surface area contributed by atoms with Gasteiger partial charge in [-0.05, 0) is 73.3 Å². The van der Waals surface area contributed by atoms with E-state index in [9.17, 15) is 9.59 Å². The molecule has 1 aliphatic carbocycles. The number of carbonyl (C=O) groups excluding carboxylic acids is 2. The minimum Gasteiger partial charge on any atom is -0.335 e. The fraction of sp³-hybridized carbons (Fsp3) is 0.517. The Morgan fingerprint density at radius 3 is 2.36 bits per heavy atom. The van der Waals surface area contributed by atoms with Crippen LogP contribution in [0, 0.1) is 18.8 Å². The standard InChI is InChI=1S/C29H38N2O2/c1-20-11-5-8-16-24(20)28(33)31-18-10-17-25(26(31)21-12-6-7-13-21)27(32)30-23-15-9-14-22(19-23)29(2,3)4/h5,8-9,11,14-16,19,21,25-26H,6-7,10,12-13,17-18H2,1-4H3,(H,30,32)/t25-,26?/m0/s1. The van der Waals surface area contributed by atoms with Crippen LogP contribution in [-0.2, 0) is 10.2 Å². The second kappa shape index (κ2) is 9.70. The van der Waals surface area contributed by atoms with Gasteiger partial charge in [0.15, 0.2) is 0 Å². The van der Waals surface area contributed by atoms with Crippen LogP contribution >= 0.6 is 0 Å². The molecule has 1 saturated carbocycles. The summed E-state index contributed by atoms with van der Waals surface area (Å²) in [7, 11) is 0. The van der Waals surface area contributed by atoms with Crippen molar-refractivity contribution >= 4 is 17.5 Å². The normalized spacial score (nSPS) is 21.8. The summed E-state index contributed by atoms with van der Waals surface area (Å²) in [5.74, 6) is 0.362. The second-order valence-electron chi connectivity index (χ2n) is 10.9. The molecule has 1 N–H and O–H groups in total. The Labute approximate surface area is 198 Å². The molecule has 1 unspecified atom stereocenters. The molecule has 176 valence electrons. The van der Waals surface area contributed by atoms with Gasteiger partial charge in [0, 0.05) is 23.8 Å². The van der Waals surface area contributed by atoms with Gasteiger partial charge in [0.25, 0.3) is 5.91 Å². The van der Waals surface area contributed by atoms with Gasteiger partial charge < -0.3 is 10.2 Å². The minimum atomic E-state index is -0.173. The lowest BCUT2D eigenvalue weighted by molar-refractivity contribution is -0.124. The fourth-order valence-corrected chi connectivity index (χ4v) is 5.69. The largest absolute Gasteiger partial charge is 0.335 e. The Morgan fingerprint density at radius 2 is 1.67 bits per heavy atom. The zero-order valence-corrected chi connectivity index (χ0v) is 20.6. The number of anilines is 1. The molecule has 2 fully saturated rings. The van der Waals surface area contributed by atoms with Crippen LogP contribution in [0.1, 0.15) is 80.8 Å². The Bertz CT molecular complexity index is 1000. The Balaban J connectivity index is 1.60. The van der Waals surface area contributed by atoms with E-state index in [1.54, 1.807) is 0 Å². The molecule has 0 bridgehead atoms. The smallest absolute Gasteiger partial charge is 0.254 e. The number of likely N-dealkylation sites (tertiary alicyclic amines) is 1. The van der Waals surface area contributed by atoms with Crippen LogP contribution in [-0.4, -0.2) is 29.3 Å². The molecular weight excluding hydrogens is 408 g/mol. The SMILES string of the molecule is Cc1ccccc1C(=O)N1CCC[C@H](C(=O)Nc2cccc(C(C)(C)C)c2)C1C1CCCC1. The van der Waals surface area contributed by atoms with E-state index in [0.717, 1.165) is 49.0 Å². The molecule has 33 heavy (non-hydrogen) atoms. The van der Waals surface area contributed by atoms with Crippen molar-refractivity contribution in [1.82, 2.24) is 4.90 Å². The number of amides is 2. The van der Waals surface area contributed by atoms with Crippen LogP contribution in [0.4, 0.5) is 5.69 Å². The van der Waals surface area contributed by atoms with E-state index in [1.807, 2.05) is 48.2 Å². The number of carbonyl (C=O) groups is 2. The van der Waals surface area contributed by atoms with Crippen molar-refractivity contribution in [1.29, 1.82) is 0 Å². The van der Waals surface area contributed by atoms with Gasteiger partial charge in [-0.2, -0.15) is 0 Å². The van der Waals surface area contributed by atoms with Crippen molar-refractivity contribution in [2.45, 2.75) is 77.7 Å². The van der Waals surface area contributed by atoms with Gasteiger partial charge in [0.05, 0.1) is 5.92 Å². The molecule has 4 nitrogen and oxygen atoms in total. The lowest BCUT2D eigenvalue weighted by Gasteiger charge is -2.44. The molecule has 2 aliphatic rings. The molecule has 4 rings (SSSR count). The summed E-state index contributed by atoms with van der Waals surface area (Å²) in [6.45, 7) is 9.27. The molecule has 0 spiro atoms. The number of hydrogen-bond donors (Lipinski definition) is 1. The molecule has 1 heterocycles. The first-order valence-electron chi connectivity index (χ1n) is 12.5. The van der Waals surface area contributed by atoms with Crippen LogP contribution in [0.25, 0.3) is 0 Å². The van der Waals surface area contributed by atoms with Crippen molar-refractivity contribution in [3.63, 3.8) is 0 Å². The zero-order chi connectivity index (χ0) is 23.6. The molecule has 4 heteroatoms. The second-order valence-corrected chi connectivity index (χ2v) is 10.9. The number of piperidine rings is 1. The first-order chi connectivity index (χ1) is 15.8. The van der Waals surface area contributed by atoms with E-state index in [2.05, 4.69) is 38.2 Å². The van der Waals surface area contributed by atoms with E-state index in [0.29, 0.717) is 5.92 Å². The number of nitrogens with one attached hydrogen (secondary N) is 1. The third-order valence-electron chi connectivity index (χ3n) is 7.54. The van der Waals surface area contributed by atoms with E-state index < -0.39 is 0 Å². The minimum absolute atomic E-state index is 0.0225. The van der Waals surface area contributed by atoms with E-state index >= 15 is 0 Å². The maximum atomic E-state index is 13.7. The highest BCUT2D eigenvalue weighted by Crippen LogP contribution is 2.39. The first kappa shape index (κ1) is 23.5. The highest BCUT2D eigenvalue weighted by molar-refractivity contribution is 5.97. The van der Waals surface area contributed by atoms with Gasteiger partial charge in [-0.3, -0.25) is 9.59 Å². The maximum Gasteiger partial charge on any atom is 0.254 e. The van der Waals surface area contributed by atoms with Crippen LogP contribution < -0.4 is 5.32 Å². The topological polar surface area (TPSA) is 49.4 Å². The van der Waals surface area contributed by atoms with Crippen LogP contribution in [0.3, 0.4) is 0 Å². The molecule has 2 atom stereocenters. The molecule has 2 amide bonds. The number of hydrogen-bond acceptors (Lipinski definition) is 2. The predicted octanol–water partition coefficient (Wildman–Crippen LogP) is 6.34. The highest BCUT2D eigenvalue weighted by atomic mass is 16.2. The summed E-state index contributed by atoms with van der Waals surface area (Å²) in [6, 6.07) is 16.0. The van der Waals surface area contributed by atoms with Crippen molar-refractivity contribution in [3.8, 4) is 0 Å². The van der Waals surface area contributed by atoms with E-state index in [-0.39, 0.29) is 29.2 Å². The summed E-state index contributed by atoms with van der Waals surface area (Å²) >= 11 is 0. The number of nitrogens with zero attached hydrogens (tertiary/aromatic N) is 1. The third-order valence-corrected chi connectivity index (χ3v) is 7.54. The monoisotopic (exact) mass is 446 g/mol. The molecule has 0 radical (unpaired) electrons. The lowest BCUT2D eigenvalue weighted by Crippen LogP contribution is -2.54. The summed E-state index contributed by atoms with van der Waals surface area (Å²) in [4.78, 5) is 29.3. The van der Waals surface area contributed by atoms with Crippen LogP contribution in [0.15, 0.2) is 48.5 Å². The maximum absolute atomic E-state index is 13.7. The molecule has 0 aromatic heterocycles. The highest BCUT2D eigenvalue weighted by Gasteiger charge is 2.43. The van der Waals surface area contributed by atoms with Crippen molar-refractivity contribution in [3.05, 3.63) is 65.2 Å². The van der Waals surface area contributed by atoms with Crippen LogP contribution in [0.5, 0.6) is 0 Å². The summed E-state index contributed by atoms with van der Waals surface area (Å²) in [5.41, 5.74) is 3.83. The first-order valence-corrected chi connectivity index (χ1v) is 12.5. The van der Waals surface area contributed by atoms with Crippen molar-refractivity contribution < 1.29 is 9.59 Å². The molecule has 2 aromatic rings. The zero-order valence-electron chi connectivity index (χ0n) is 20.6. The van der Waals surface area contributed by atoms with Gasteiger partial charge in [0.1, 0.15) is 0 Å². The third kappa shape index (κ3) is 5.15. The molecular formula is C29H38N2O2. The van der Waals surface area contributed by atoms with Crippen LogP contribution in [0.2, 0.25) is 0 Å². The Morgan fingerprint density at radius 1 is 0.939 bits per heavy atom. The summed E-state index contributed by atoms with van der Waals surface area (Å²) in [6.07, 6.45) is 6.28. The number of benzene rings is 2. The number of rotatable bonds is 4.